The highest BCUT2D eigenvalue weighted by Crippen LogP contribution is 2.38. The molecule has 1 aliphatic rings. The number of ether oxygens (including phenoxy) is 3. The van der Waals surface area contributed by atoms with Crippen LogP contribution in [0.25, 0.3) is 6.08 Å². The first-order valence-corrected chi connectivity index (χ1v) is 7.92. The molecule has 2 aromatic carbocycles. The van der Waals surface area contributed by atoms with Crippen molar-refractivity contribution in [3.05, 3.63) is 57.3 Å². The Morgan fingerprint density at radius 1 is 1.21 bits per heavy atom. The maximum Gasteiger partial charge on any atom is 0.199 e. The molecule has 124 valence electrons. The number of benzene rings is 2. The Hall–Kier alpha value is -2.34. The zero-order valence-electron chi connectivity index (χ0n) is 13.1. The molecule has 0 fully saturated rings. The van der Waals surface area contributed by atoms with Gasteiger partial charge in [0.2, 0.25) is 0 Å². The van der Waals surface area contributed by atoms with Crippen LogP contribution in [0.3, 0.4) is 0 Å². The highest BCUT2D eigenvalue weighted by atomic mass is 79.9. The molecule has 0 N–H and O–H groups in total. The number of hydrogen-bond donors (Lipinski definition) is 0. The van der Waals surface area contributed by atoms with Gasteiger partial charge in [-0.3, -0.25) is 4.79 Å². The average Bonchev–Trinajstić information content (AvgIpc) is 2.58. The molecule has 2 aromatic rings. The number of hydrogen-bond acceptors (Lipinski definition) is 4. The van der Waals surface area contributed by atoms with Gasteiger partial charge in [-0.1, -0.05) is 22.0 Å². The first-order chi connectivity index (χ1) is 11.5. The minimum absolute atomic E-state index is 0.0532. The van der Waals surface area contributed by atoms with Gasteiger partial charge in [-0.15, -0.1) is 0 Å². The van der Waals surface area contributed by atoms with E-state index in [1.165, 1.54) is 26.4 Å². The van der Waals surface area contributed by atoms with Crippen LogP contribution in [0.5, 0.6) is 17.2 Å². The van der Waals surface area contributed by atoms with Crippen LogP contribution in [0.15, 0.2) is 40.4 Å². The molecule has 1 aliphatic heterocycles. The van der Waals surface area contributed by atoms with Crippen LogP contribution in [-0.4, -0.2) is 26.6 Å². The van der Waals surface area contributed by atoms with Gasteiger partial charge in [0.05, 0.1) is 14.2 Å². The molecule has 0 amide bonds. The third-order valence-electron chi connectivity index (χ3n) is 3.69. The standard InChI is InChI=1S/C18H14BrFO4/c1-22-13-7-15(23-2)17-16(8-13)24-9-11(18(17)21)5-10-3-4-12(19)6-14(10)20/h3-8H,9H2,1-2H3/b11-5+. The number of Topliss-reactive ketones (excluding diaryl/α,β-unsaturated/α-hetero) is 1. The van der Waals surface area contributed by atoms with Crippen LogP contribution in [0.2, 0.25) is 0 Å². The van der Waals surface area contributed by atoms with Crippen molar-refractivity contribution in [3.63, 3.8) is 0 Å². The fourth-order valence-electron chi connectivity index (χ4n) is 2.48. The Morgan fingerprint density at radius 3 is 2.67 bits per heavy atom. The molecule has 0 atom stereocenters. The van der Waals surface area contributed by atoms with Crippen LogP contribution >= 0.6 is 15.9 Å². The smallest absolute Gasteiger partial charge is 0.199 e. The SMILES string of the molecule is COc1cc(OC)c2c(c1)OC/C(=C\c1ccc(Br)cc1F)C2=O. The van der Waals surface area contributed by atoms with Crippen LogP contribution in [0.4, 0.5) is 4.39 Å². The molecular formula is C18H14BrFO4. The highest BCUT2D eigenvalue weighted by Gasteiger charge is 2.28. The number of carbonyl (C=O) groups is 1. The normalized spacial score (nSPS) is 15.0. The Labute approximate surface area is 147 Å². The molecule has 24 heavy (non-hydrogen) atoms. The van der Waals surface area contributed by atoms with Crippen molar-refractivity contribution < 1.29 is 23.4 Å². The topological polar surface area (TPSA) is 44.8 Å². The summed E-state index contributed by atoms with van der Waals surface area (Å²) in [4.78, 5) is 12.8. The number of carbonyl (C=O) groups excluding carboxylic acids is 1. The van der Waals surface area contributed by atoms with Gasteiger partial charge in [0.25, 0.3) is 0 Å². The van der Waals surface area contributed by atoms with Gasteiger partial charge < -0.3 is 14.2 Å². The molecule has 3 rings (SSSR count). The lowest BCUT2D eigenvalue weighted by atomic mass is 9.97. The first-order valence-electron chi connectivity index (χ1n) is 7.12. The van der Waals surface area contributed by atoms with E-state index >= 15 is 0 Å². The second kappa shape index (κ2) is 6.65. The quantitative estimate of drug-likeness (QED) is 0.731. The van der Waals surface area contributed by atoms with E-state index in [1.54, 1.807) is 24.3 Å². The summed E-state index contributed by atoms with van der Waals surface area (Å²) in [6.45, 7) is 0.0532. The van der Waals surface area contributed by atoms with E-state index in [9.17, 15) is 9.18 Å². The highest BCUT2D eigenvalue weighted by molar-refractivity contribution is 9.10. The van der Waals surface area contributed by atoms with Gasteiger partial charge in [-0.25, -0.2) is 4.39 Å². The third kappa shape index (κ3) is 3.01. The summed E-state index contributed by atoms with van der Waals surface area (Å²) in [5, 5.41) is 0. The summed E-state index contributed by atoms with van der Waals surface area (Å²) < 4.78 is 30.7. The maximum absolute atomic E-state index is 14.0. The molecule has 1 heterocycles. The molecule has 0 aromatic heterocycles. The van der Waals surface area contributed by atoms with Gasteiger partial charge in [0, 0.05) is 27.7 Å². The Kier molecular flexibility index (Phi) is 4.57. The van der Waals surface area contributed by atoms with Crippen molar-refractivity contribution in [2.45, 2.75) is 0 Å². The number of ketones is 1. The van der Waals surface area contributed by atoms with Crippen LogP contribution in [-0.2, 0) is 0 Å². The lowest BCUT2D eigenvalue weighted by molar-refractivity contribution is 0.0997. The van der Waals surface area contributed by atoms with E-state index in [0.29, 0.717) is 38.4 Å². The molecule has 4 nitrogen and oxygen atoms in total. The summed E-state index contributed by atoms with van der Waals surface area (Å²) >= 11 is 3.21. The Bertz CT molecular complexity index is 828. The predicted molar refractivity (Wildman–Crippen MR) is 91.4 cm³/mol. The molecule has 0 aliphatic carbocycles. The summed E-state index contributed by atoms with van der Waals surface area (Å²) in [7, 11) is 2.99. The fourth-order valence-corrected chi connectivity index (χ4v) is 2.81. The number of rotatable bonds is 3. The molecule has 0 saturated heterocycles. The van der Waals surface area contributed by atoms with E-state index in [2.05, 4.69) is 15.9 Å². The second-order valence-corrected chi connectivity index (χ2v) is 6.07. The fraction of sp³-hybridized carbons (Fsp3) is 0.167. The van der Waals surface area contributed by atoms with E-state index in [-0.39, 0.29) is 12.4 Å². The zero-order chi connectivity index (χ0) is 17.3. The summed E-state index contributed by atoms with van der Waals surface area (Å²) in [6.07, 6.45) is 1.50. The van der Waals surface area contributed by atoms with Crippen molar-refractivity contribution in [1.82, 2.24) is 0 Å². The molecule has 0 saturated carbocycles. The van der Waals surface area contributed by atoms with Crippen molar-refractivity contribution >= 4 is 27.8 Å². The number of halogens is 2. The molecule has 0 radical (unpaired) electrons. The lowest BCUT2D eigenvalue weighted by Crippen LogP contribution is -2.20. The second-order valence-electron chi connectivity index (χ2n) is 5.16. The van der Waals surface area contributed by atoms with Crippen LogP contribution < -0.4 is 14.2 Å². The van der Waals surface area contributed by atoms with E-state index in [4.69, 9.17) is 14.2 Å². The van der Waals surface area contributed by atoms with E-state index in [1.807, 2.05) is 0 Å². The van der Waals surface area contributed by atoms with Gasteiger partial charge in [-0.2, -0.15) is 0 Å². The summed E-state index contributed by atoms with van der Waals surface area (Å²) in [5.74, 6) is 0.612. The van der Waals surface area contributed by atoms with Gasteiger partial charge >= 0.3 is 0 Å². The average molecular weight is 393 g/mol. The van der Waals surface area contributed by atoms with E-state index in [0.717, 1.165) is 0 Å². The van der Waals surface area contributed by atoms with Gasteiger partial charge in [0.1, 0.15) is 35.2 Å². The predicted octanol–water partition coefficient (Wildman–Crippen LogP) is 4.26. The third-order valence-corrected chi connectivity index (χ3v) is 4.18. The minimum Gasteiger partial charge on any atom is -0.496 e. The maximum atomic E-state index is 14.0. The molecule has 6 heteroatoms. The largest absolute Gasteiger partial charge is 0.496 e. The molecular weight excluding hydrogens is 379 g/mol. The van der Waals surface area contributed by atoms with Crippen LogP contribution in [0, 0.1) is 5.82 Å². The zero-order valence-corrected chi connectivity index (χ0v) is 14.6. The van der Waals surface area contributed by atoms with Crippen molar-refractivity contribution in [2.24, 2.45) is 0 Å². The van der Waals surface area contributed by atoms with Crippen molar-refractivity contribution in [3.8, 4) is 17.2 Å². The van der Waals surface area contributed by atoms with Crippen molar-refractivity contribution in [2.75, 3.05) is 20.8 Å². The summed E-state index contributed by atoms with van der Waals surface area (Å²) in [5.41, 5.74) is 0.988. The molecule has 0 unspecified atom stereocenters. The lowest BCUT2D eigenvalue weighted by Gasteiger charge is -2.21. The Balaban J connectivity index is 2.04. The molecule has 0 bridgehead atoms. The number of methoxy groups -OCH3 is 2. The minimum atomic E-state index is -0.419. The van der Waals surface area contributed by atoms with Crippen molar-refractivity contribution in [1.29, 1.82) is 0 Å². The summed E-state index contributed by atoms with van der Waals surface area (Å²) in [6, 6.07) is 7.90. The van der Waals surface area contributed by atoms with Gasteiger partial charge in [-0.05, 0) is 18.2 Å². The van der Waals surface area contributed by atoms with Gasteiger partial charge in [0.15, 0.2) is 5.78 Å². The first kappa shape index (κ1) is 16.5. The van der Waals surface area contributed by atoms with E-state index < -0.39 is 5.82 Å². The van der Waals surface area contributed by atoms with Crippen LogP contribution in [0.1, 0.15) is 15.9 Å². The molecule has 0 spiro atoms. The Morgan fingerprint density at radius 2 is 2.00 bits per heavy atom. The monoisotopic (exact) mass is 392 g/mol. The number of fused-ring (bicyclic) bond motifs is 1.